The van der Waals surface area contributed by atoms with Crippen LogP contribution in [0, 0.1) is 0 Å². The second-order valence-electron chi connectivity index (χ2n) is 24.0. The van der Waals surface area contributed by atoms with Gasteiger partial charge in [0.05, 0.1) is 231 Å². The van der Waals surface area contributed by atoms with Gasteiger partial charge in [0.1, 0.15) is 12.4 Å². The standard InChI is InChI=1S/C82H108O22Si/c1-83-105(104-67-72-64-69-16-3-6-19-74(69)79-24-11-9-22-77(72)79,102-28-14-27-84-29-30-85-31-32-86-33-34-87-35-36-89-41-43-92-47-49-95-53-55-98-59-61-101-82-65-70-17-4-7-20-75(70)80-25-12-13-26-81(80)82)103-62-60-99-56-54-96-50-48-93-44-42-90-38-37-88-39-40-91-45-46-94-51-52-97-57-58-100-66-71-63-68-15-2-5-18-73(68)78-23-10-8-21-76(71)78/h2-13,15-26,63-65H,14,27-62,66-67H2,1H3. The molecule has 105 heavy (non-hydrogen) atoms. The Labute approximate surface area is 619 Å². The molecule has 0 amide bonds. The number of hydrogen-bond acceptors (Lipinski definition) is 22. The van der Waals surface area contributed by atoms with Crippen molar-refractivity contribution in [1.29, 1.82) is 0 Å². The molecule has 0 spiro atoms. The third-order valence-electron chi connectivity index (χ3n) is 16.6. The van der Waals surface area contributed by atoms with Gasteiger partial charge in [0.25, 0.3) is 0 Å². The van der Waals surface area contributed by atoms with Crippen LogP contribution in [0.3, 0.4) is 0 Å². The normalized spacial score (nSPS) is 12.5. The summed E-state index contributed by atoms with van der Waals surface area (Å²) >= 11 is 0. The Morgan fingerprint density at radius 1 is 0.210 bits per heavy atom. The molecule has 0 aromatic heterocycles. The van der Waals surface area contributed by atoms with E-state index in [0.717, 1.165) is 38.2 Å². The molecule has 0 N–H and O–H groups in total. The average molecular weight is 1470 g/mol. The quantitative estimate of drug-likeness (QED) is 0.0197. The van der Waals surface area contributed by atoms with E-state index in [0.29, 0.717) is 238 Å². The van der Waals surface area contributed by atoms with Crippen molar-refractivity contribution in [3.05, 3.63) is 175 Å². The van der Waals surface area contributed by atoms with Gasteiger partial charge >= 0.3 is 9.05 Å². The second-order valence-corrected chi connectivity index (χ2v) is 26.3. The fourth-order valence-electron chi connectivity index (χ4n) is 11.5. The molecule has 1 atom stereocenters. The molecule has 0 bridgehead atoms. The molecule has 572 valence electrons. The zero-order valence-corrected chi connectivity index (χ0v) is 62.1. The number of rotatable bonds is 64. The van der Waals surface area contributed by atoms with E-state index in [9.17, 15) is 0 Å². The average Bonchev–Trinajstić information content (AvgIpc) is 0.792. The van der Waals surface area contributed by atoms with Gasteiger partial charge in [-0.15, -0.1) is 0 Å². The largest absolute Gasteiger partial charge is 0.679 e. The van der Waals surface area contributed by atoms with Crippen molar-refractivity contribution in [2.45, 2.75) is 19.6 Å². The minimum Gasteiger partial charge on any atom is -0.491 e. The molecule has 22 nitrogen and oxygen atoms in total. The maximum atomic E-state index is 6.53. The number of fused-ring (bicyclic) bond motifs is 9. The van der Waals surface area contributed by atoms with E-state index < -0.39 is 9.05 Å². The van der Waals surface area contributed by atoms with Crippen molar-refractivity contribution < 1.29 is 103 Å². The SMILES string of the molecule is CO[Si](OCCCOCCOCCOCCOCCOCCOCCOCCOCCOc1cc2ccccc2c2ccccc12)(OCCOCCOCCOCCOCCOCCOCCOCCOCCOCc1cc2ccccc2c2ccccc12)OCc1cc2ccccc2c2ccccc12. The molecule has 0 fully saturated rings. The third-order valence-corrected chi connectivity index (χ3v) is 18.7. The lowest BCUT2D eigenvalue weighted by molar-refractivity contribution is -0.0478. The van der Waals surface area contributed by atoms with Gasteiger partial charge in [-0.3, -0.25) is 0 Å². The fraction of sp³-hybridized carbons (Fsp3) is 0.488. The summed E-state index contributed by atoms with van der Waals surface area (Å²) in [5, 5.41) is 14.1. The first-order valence-corrected chi connectivity index (χ1v) is 38.4. The lowest BCUT2D eigenvalue weighted by Gasteiger charge is -2.27. The Morgan fingerprint density at radius 2 is 0.467 bits per heavy atom. The topological polar surface area (TPSA) is 203 Å². The first-order chi connectivity index (χ1) is 52.2. The van der Waals surface area contributed by atoms with Crippen molar-refractivity contribution >= 4 is 73.7 Å². The maximum absolute atomic E-state index is 6.53. The second kappa shape index (κ2) is 51.9. The van der Waals surface area contributed by atoms with Crippen molar-refractivity contribution in [3.63, 3.8) is 0 Å². The van der Waals surface area contributed by atoms with Crippen LogP contribution in [0.4, 0.5) is 0 Å². The Morgan fingerprint density at radius 3 is 0.829 bits per heavy atom. The zero-order valence-electron chi connectivity index (χ0n) is 61.1. The molecule has 23 heteroatoms. The lowest BCUT2D eigenvalue weighted by Crippen LogP contribution is -2.49. The molecule has 9 rings (SSSR count). The van der Waals surface area contributed by atoms with Crippen LogP contribution in [-0.4, -0.2) is 254 Å². The van der Waals surface area contributed by atoms with E-state index in [1.807, 2.05) is 30.3 Å². The number of hydrogen-bond donors (Lipinski definition) is 0. The molecular formula is C82H108O22Si. The smallest absolute Gasteiger partial charge is 0.491 e. The number of benzene rings is 9. The summed E-state index contributed by atoms with van der Waals surface area (Å²) in [6.45, 7) is 16.8. The van der Waals surface area contributed by atoms with Crippen LogP contribution in [0.2, 0.25) is 0 Å². The summed E-state index contributed by atoms with van der Waals surface area (Å²) < 4.78 is 128. The lowest BCUT2D eigenvalue weighted by atomic mass is 9.98. The third kappa shape index (κ3) is 30.7. The van der Waals surface area contributed by atoms with Gasteiger partial charge in [0, 0.05) is 25.7 Å². The van der Waals surface area contributed by atoms with Crippen LogP contribution < -0.4 is 4.74 Å². The summed E-state index contributed by atoms with van der Waals surface area (Å²) in [5.41, 5.74) is 2.18. The molecule has 0 aliphatic rings. The summed E-state index contributed by atoms with van der Waals surface area (Å²) in [6.07, 6.45) is 0.585. The molecule has 9 aromatic rings. The van der Waals surface area contributed by atoms with E-state index in [2.05, 4.69) is 133 Å². The van der Waals surface area contributed by atoms with Gasteiger partial charge in [-0.2, -0.15) is 0 Å². The van der Waals surface area contributed by atoms with Crippen molar-refractivity contribution in [2.24, 2.45) is 0 Å². The molecule has 0 aliphatic heterocycles. The van der Waals surface area contributed by atoms with Crippen LogP contribution >= 0.6 is 0 Å². The monoisotopic (exact) mass is 1470 g/mol. The highest BCUT2D eigenvalue weighted by Crippen LogP contribution is 2.34. The molecule has 9 aromatic carbocycles. The first kappa shape index (κ1) is 82.8. The molecule has 0 radical (unpaired) electrons. The van der Waals surface area contributed by atoms with Gasteiger partial charge in [-0.25, -0.2) is 0 Å². The van der Waals surface area contributed by atoms with Crippen LogP contribution in [0.5, 0.6) is 5.75 Å². The summed E-state index contributed by atoms with van der Waals surface area (Å²) in [7, 11) is -2.11. The van der Waals surface area contributed by atoms with E-state index >= 15 is 0 Å². The van der Waals surface area contributed by atoms with Gasteiger partial charge in [-0.05, 0) is 95.0 Å². The highest BCUT2D eigenvalue weighted by atomic mass is 28.4. The van der Waals surface area contributed by atoms with Gasteiger partial charge < -0.3 is 103 Å². The minimum atomic E-state index is -3.66. The molecule has 0 heterocycles. The molecule has 0 aliphatic carbocycles. The fourth-order valence-corrected chi connectivity index (χ4v) is 13.2. The summed E-state index contributed by atoms with van der Waals surface area (Å²) in [6, 6.07) is 56.7. The first-order valence-electron chi connectivity index (χ1n) is 36.8. The van der Waals surface area contributed by atoms with Gasteiger partial charge in [-0.1, -0.05) is 146 Å². The molecule has 0 saturated heterocycles. The van der Waals surface area contributed by atoms with E-state index in [-0.39, 0.29) is 19.8 Å². The van der Waals surface area contributed by atoms with Gasteiger partial charge in [0.15, 0.2) is 0 Å². The highest BCUT2D eigenvalue weighted by Gasteiger charge is 2.45. The molecule has 1 unspecified atom stereocenters. The van der Waals surface area contributed by atoms with E-state index in [4.69, 9.17) is 103 Å². The molecule has 0 saturated carbocycles. The Balaban J connectivity index is 0.507. The van der Waals surface area contributed by atoms with Crippen LogP contribution in [0.1, 0.15) is 17.5 Å². The zero-order chi connectivity index (χ0) is 72.4. The van der Waals surface area contributed by atoms with Crippen LogP contribution in [0.25, 0.3) is 64.6 Å². The Hall–Kier alpha value is -6.28. The molecular weight excluding hydrogens is 1360 g/mol. The number of ether oxygens (including phenoxy) is 18. The predicted octanol–water partition coefficient (Wildman–Crippen LogP) is 12.2. The highest BCUT2D eigenvalue weighted by molar-refractivity contribution is 6.53. The summed E-state index contributed by atoms with van der Waals surface area (Å²) in [5.74, 6) is 0.864. The minimum absolute atomic E-state index is 0.191. The van der Waals surface area contributed by atoms with Crippen molar-refractivity contribution in [2.75, 3.05) is 245 Å². The van der Waals surface area contributed by atoms with E-state index in [1.165, 1.54) is 43.3 Å². The Bertz CT molecular complexity index is 3600. The van der Waals surface area contributed by atoms with Crippen molar-refractivity contribution in [1.82, 2.24) is 0 Å². The van der Waals surface area contributed by atoms with Crippen LogP contribution in [-0.2, 0) is 111 Å². The Kier molecular flexibility index (Phi) is 40.9. The van der Waals surface area contributed by atoms with Crippen LogP contribution in [0.15, 0.2) is 164 Å². The summed E-state index contributed by atoms with van der Waals surface area (Å²) in [4.78, 5) is 0. The van der Waals surface area contributed by atoms with E-state index in [1.54, 1.807) is 7.11 Å². The predicted molar refractivity (Wildman–Crippen MR) is 407 cm³/mol. The van der Waals surface area contributed by atoms with Crippen molar-refractivity contribution in [3.8, 4) is 5.75 Å². The van der Waals surface area contributed by atoms with Gasteiger partial charge in [0.2, 0.25) is 0 Å². The maximum Gasteiger partial charge on any atom is 0.679 e.